The van der Waals surface area contributed by atoms with E-state index in [0.29, 0.717) is 17.9 Å². The van der Waals surface area contributed by atoms with Gasteiger partial charge in [-0.05, 0) is 31.4 Å². The Morgan fingerprint density at radius 1 is 1.28 bits per heavy atom. The number of alkyl halides is 3. The molecule has 0 spiro atoms. The van der Waals surface area contributed by atoms with Crippen LogP contribution < -0.4 is 4.74 Å². The van der Waals surface area contributed by atoms with Crippen LogP contribution in [0.1, 0.15) is 19.3 Å². The summed E-state index contributed by atoms with van der Waals surface area (Å²) < 4.78 is 69.1. The van der Waals surface area contributed by atoms with E-state index in [1.54, 1.807) is 4.90 Å². The largest absolute Gasteiger partial charge is 0.475 e. The zero-order valence-electron chi connectivity index (χ0n) is 13.7. The fraction of sp³-hybridized carbons (Fsp3) is 0.562. The summed E-state index contributed by atoms with van der Waals surface area (Å²) in [6.07, 6.45) is -3.07. The average molecular weight is 366 g/mol. The number of rotatable bonds is 5. The van der Waals surface area contributed by atoms with Gasteiger partial charge in [0, 0.05) is 32.7 Å². The van der Waals surface area contributed by atoms with E-state index < -0.39 is 29.9 Å². The molecule has 1 unspecified atom stereocenters. The SMILES string of the molecule is CN(CCN1CCCCC1Oc1ccc(F)c(F)c1)C(=O)C(F)(F)F. The lowest BCUT2D eigenvalue weighted by molar-refractivity contribution is -0.184. The monoisotopic (exact) mass is 366 g/mol. The Balaban J connectivity index is 1.96. The molecule has 0 radical (unpaired) electrons. The van der Waals surface area contributed by atoms with Gasteiger partial charge in [0.05, 0.1) is 0 Å². The fourth-order valence-electron chi connectivity index (χ4n) is 2.65. The van der Waals surface area contributed by atoms with Gasteiger partial charge in [0.15, 0.2) is 17.9 Å². The number of likely N-dealkylation sites (tertiary alicyclic amines) is 1. The van der Waals surface area contributed by atoms with Crippen LogP contribution >= 0.6 is 0 Å². The minimum Gasteiger partial charge on any atom is -0.475 e. The number of piperidine rings is 1. The minimum absolute atomic E-state index is 0.115. The van der Waals surface area contributed by atoms with Gasteiger partial charge in [-0.15, -0.1) is 0 Å². The van der Waals surface area contributed by atoms with Crippen molar-refractivity contribution in [3.8, 4) is 5.75 Å². The molecule has 9 heteroatoms. The summed E-state index contributed by atoms with van der Waals surface area (Å²) in [6, 6.07) is 3.18. The van der Waals surface area contributed by atoms with Crippen molar-refractivity contribution in [2.75, 3.05) is 26.7 Å². The number of amides is 1. The van der Waals surface area contributed by atoms with Crippen LogP contribution in [0.5, 0.6) is 5.75 Å². The Hall–Kier alpha value is -1.90. The minimum atomic E-state index is -4.90. The molecule has 1 fully saturated rings. The molecular formula is C16H19F5N2O2. The van der Waals surface area contributed by atoms with Crippen LogP contribution in [0.4, 0.5) is 22.0 Å². The molecule has 0 saturated carbocycles. The molecule has 0 N–H and O–H groups in total. The van der Waals surface area contributed by atoms with Crippen molar-refractivity contribution in [3.63, 3.8) is 0 Å². The number of ether oxygens (including phenoxy) is 1. The van der Waals surface area contributed by atoms with Crippen molar-refractivity contribution in [1.29, 1.82) is 0 Å². The zero-order chi connectivity index (χ0) is 18.6. The van der Waals surface area contributed by atoms with E-state index in [9.17, 15) is 26.7 Å². The summed E-state index contributed by atoms with van der Waals surface area (Å²) in [5.41, 5.74) is 0. The van der Waals surface area contributed by atoms with E-state index in [1.807, 2.05) is 0 Å². The molecule has 0 bridgehead atoms. The molecule has 4 nitrogen and oxygen atoms in total. The van der Waals surface area contributed by atoms with E-state index >= 15 is 0 Å². The summed E-state index contributed by atoms with van der Waals surface area (Å²) in [5.74, 6) is -3.77. The average Bonchev–Trinajstić information content (AvgIpc) is 2.55. The predicted molar refractivity (Wildman–Crippen MR) is 79.9 cm³/mol. The Morgan fingerprint density at radius 2 is 2.00 bits per heavy atom. The smallest absolute Gasteiger partial charge is 0.471 e. The Bertz CT molecular complexity index is 609. The Labute approximate surface area is 142 Å². The standard InChI is InChI=1S/C16H19F5N2O2/c1-22(15(24)16(19,20)21)8-9-23-7-3-2-4-14(23)25-11-5-6-12(17)13(18)10-11/h5-6,10,14H,2-4,7-9H2,1H3. The number of carbonyl (C=O) groups excluding carboxylic acids is 1. The van der Waals surface area contributed by atoms with Crippen molar-refractivity contribution in [3.05, 3.63) is 29.8 Å². The van der Waals surface area contributed by atoms with Crippen molar-refractivity contribution >= 4 is 5.91 Å². The third kappa shape index (κ3) is 5.29. The van der Waals surface area contributed by atoms with Gasteiger partial charge in [0.25, 0.3) is 0 Å². The highest BCUT2D eigenvalue weighted by Gasteiger charge is 2.41. The summed E-state index contributed by atoms with van der Waals surface area (Å²) in [5, 5.41) is 0. The van der Waals surface area contributed by atoms with Gasteiger partial charge in [-0.25, -0.2) is 8.78 Å². The van der Waals surface area contributed by atoms with Crippen LogP contribution in [0.25, 0.3) is 0 Å². The molecule has 1 saturated heterocycles. The van der Waals surface area contributed by atoms with Gasteiger partial charge in [-0.3, -0.25) is 9.69 Å². The summed E-state index contributed by atoms with van der Waals surface area (Å²) in [4.78, 5) is 13.6. The normalized spacial score (nSPS) is 18.9. The van der Waals surface area contributed by atoms with Gasteiger partial charge < -0.3 is 9.64 Å². The number of benzene rings is 1. The van der Waals surface area contributed by atoms with E-state index in [-0.39, 0.29) is 18.8 Å². The molecule has 1 aliphatic rings. The van der Waals surface area contributed by atoms with Crippen LogP contribution in [0, 0.1) is 11.6 Å². The van der Waals surface area contributed by atoms with E-state index in [0.717, 1.165) is 32.0 Å². The maximum atomic E-state index is 13.3. The molecule has 1 amide bonds. The van der Waals surface area contributed by atoms with E-state index in [2.05, 4.69) is 0 Å². The molecule has 2 rings (SSSR count). The fourth-order valence-corrected chi connectivity index (χ4v) is 2.65. The highest BCUT2D eigenvalue weighted by atomic mass is 19.4. The second kappa shape index (κ2) is 7.99. The van der Waals surface area contributed by atoms with Gasteiger partial charge in [-0.2, -0.15) is 13.2 Å². The molecule has 1 heterocycles. The molecular weight excluding hydrogens is 347 g/mol. The molecule has 1 aliphatic heterocycles. The van der Waals surface area contributed by atoms with Gasteiger partial charge in [0.1, 0.15) is 5.75 Å². The lowest BCUT2D eigenvalue weighted by atomic mass is 10.1. The lowest BCUT2D eigenvalue weighted by Crippen LogP contribution is -2.48. The molecule has 0 aromatic heterocycles. The van der Waals surface area contributed by atoms with Crippen LogP contribution in [0.3, 0.4) is 0 Å². The molecule has 25 heavy (non-hydrogen) atoms. The van der Waals surface area contributed by atoms with Crippen molar-refractivity contribution in [2.24, 2.45) is 0 Å². The molecule has 1 atom stereocenters. The number of halogens is 5. The first kappa shape index (κ1) is 19.4. The Morgan fingerprint density at radius 3 is 2.64 bits per heavy atom. The summed E-state index contributed by atoms with van der Waals surface area (Å²) >= 11 is 0. The number of nitrogens with zero attached hydrogens (tertiary/aromatic N) is 2. The lowest BCUT2D eigenvalue weighted by Gasteiger charge is -2.36. The van der Waals surface area contributed by atoms with E-state index in [4.69, 9.17) is 4.74 Å². The number of likely N-dealkylation sites (N-methyl/N-ethyl adjacent to an activating group) is 1. The van der Waals surface area contributed by atoms with Crippen LogP contribution in [0.15, 0.2) is 18.2 Å². The number of hydrogen-bond donors (Lipinski definition) is 0. The van der Waals surface area contributed by atoms with E-state index in [1.165, 1.54) is 6.07 Å². The van der Waals surface area contributed by atoms with Crippen LogP contribution in [-0.2, 0) is 4.79 Å². The van der Waals surface area contributed by atoms with Gasteiger partial charge in [0.2, 0.25) is 0 Å². The molecule has 1 aromatic carbocycles. The second-order valence-corrected chi connectivity index (χ2v) is 5.90. The highest BCUT2D eigenvalue weighted by Crippen LogP contribution is 2.23. The first-order valence-electron chi connectivity index (χ1n) is 7.86. The van der Waals surface area contributed by atoms with Crippen molar-refractivity contribution in [2.45, 2.75) is 31.7 Å². The number of carbonyl (C=O) groups is 1. The van der Waals surface area contributed by atoms with Crippen molar-refractivity contribution in [1.82, 2.24) is 9.80 Å². The molecule has 0 aliphatic carbocycles. The van der Waals surface area contributed by atoms with Crippen LogP contribution in [-0.4, -0.2) is 54.8 Å². The third-order valence-electron chi connectivity index (χ3n) is 4.03. The maximum Gasteiger partial charge on any atom is 0.471 e. The Kier molecular flexibility index (Phi) is 6.21. The summed E-state index contributed by atoms with van der Waals surface area (Å²) in [6.45, 7) is 0.658. The highest BCUT2D eigenvalue weighted by molar-refractivity contribution is 5.81. The number of hydrogen-bond acceptors (Lipinski definition) is 3. The second-order valence-electron chi connectivity index (χ2n) is 5.90. The van der Waals surface area contributed by atoms with Crippen molar-refractivity contribution < 1.29 is 31.5 Å². The van der Waals surface area contributed by atoms with Gasteiger partial charge in [-0.1, -0.05) is 0 Å². The first-order chi connectivity index (χ1) is 11.7. The molecule has 140 valence electrons. The predicted octanol–water partition coefficient (Wildman–Crippen LogP) is 3.18. The maximum absolute atomic E-state index is 13.3. The topological polar surface area (TPSA) is 32.8 Å². The zero-order valence-corrected chi connectivity index (χ0v) is 13.7. The first-order valence-corrected chi connectivity index (χ1v) is 7.86. The van der Waals surface area contributed by atoms with Crippen LogP contribution in [0.2, 0.25) is 0 Å². The summed E-state index contributed by atoms with van der Waals surface area (Å²) in [7, 11) is 1.09. The molecule has 1 aromatic rings. The third-order valence-corrected chi connectivity index (χ3v) is 4.03. The quantitative estimate of drug-likeness (QED) is 0.751. The van der Waals surface area contributed by atoms with Gasteiger partial charge >= 0.3 is 12.1 Å².